The van der Waals surface area contributed by atoms with Crippen LogP contribution in [0.4, 0.5) is 0 Å². The Morgan fingerprint density at radius 3 is 2.95 bits per heavy atom. The topological polar surface area (TPSA) is 27.1 Å². The van der Waals surface area contributed by atoms with Crippen molar-refractivity contribution in [2.75, 3.05) is 6.61 Å². The summed E-state index contributed by atoms with van der Waals surface area (Å²) < 4.78 is 7.94. The number of benzene rings is 1. The van der Waals surface area contributed by atoms with Crippen LogP contribution >= 0.6 is 0 Å². The van der Waals surface area contributed by atoms with Gasteiger partial charge in [0.25, 0.3) is 0 Å². The maximum Gasteiger partial charge on any atom is 0.0958 e. The molecule has 3 heteroatoms. The first-order valence-corrected chi connectivity index (χ1v) is 7.28. The number of fused-ring (bicyclic) bond motifs is 1. The van der Waals surface area contributed by atoms with Gasteiger partial charge >= 0.3 is 0 Å². The number of imidazole rings is 1. The second kappa shape index (κ2) is 5.33. The van der Waals surface area contributed by atoms with Gasteiger partial charge in [-0.1, -0.05) is 0 Å². The monoisotopic (exact) mass is 258 g/mol. The Labute approximate surface area is 114 Å². The van der Waals surface area contributed by atoms with E-state index in [4.69, 9.17) is 4.74 Å². The number of aryl methyl sites for hydroxylation is 3. The average Bonchev–Trinajstić information content (AvgIpc) is 3.02. The van der Waals surface area contributed by atoms with E-state index in [0.29, 0.717) is 6.10 Å². The first kappa shape index (κ1) is 12.7. The molecule has 1 aromatic heterocycles. The van der Waals surface area contributed by atoms with Gasteiger partial charge in [0.2, 0.25) is 0 Å². The highest BCUT2D eigenvalue weighted by atomic mass is 16.5. The van der Waals surface area contributed by atoms with Crippen molar-refractivity contribution in [3.05, 3.63) is 29.6 Å². The van der Waals surface area contributed by atoms with Gasteiger partial charge in [0.05, 0.1) is 23.5 Å². The van der Waals surface area contributed by atoms with E-state index >= 15 is 0 Å². The fourth-order valence-corrected chi connectivity index (χ4v) is 2.85. The molecule has 0 spiro atoms. The van der Waals surface area contributed by atoms with Crippen LogP contribution in [0, 0.1) is 13.8 Å². The molecule has 1 atom stereocenters. The van der Waals surface area contributed by atoms with Crippen molar-refractivity contribution in [1.82, 2.24) is 9.55 Å². The molecule has 0 aliphatic carbocycles. The summed E-state index contributed by atoms with van der Waals surface area (Å²) in [6.45, 7) is 6.31. The predicted octanol–water partition coefficient (Wildman–Crippen LogP) is 3.61. The average molecular weight is 258 g/mol. The van der Waals surface area contributed by atoms with Gasteiger partial charge in [-0.2, -0.15) is 0 Å². The third-order valence-corrected chi connectivity index (χ3v) is 4.19. The Morgan fingerprint density at radius 2 is 2.16 bits per heavy atom. The van der Waals surface area contributed by atoms with E-state index < -0.39 is 0 Å². The molecule has 1 fully saturated rings. The van der Waals surface area contributed by atoms with E-state index in [0.717, 1.165) is 18.7 Å². The summed E-state index contributed by atoms with van der Waals surface area (Å²) in [6.07, 6.45) is 7.28. The van der Waals surface area contributed by atoms with E-state index in [1.165, 1.54) is 42.3 Å². The Bertz CT molecular complexity index is 567. The maximum atomic E-state index is 5.67. The molecule has 1 saturated heterocycles. The van der Waals surface area contributed by atoms with Crippen molar-refractivity contribution in [1.29, 1.82) is 0 Å². The molecule has 1 aliphatic heterocycles. The third-order valence-electron chi connectivity index (χ3n) is 4.19. The van der Waals surface area contributed by atoms with Crippen molar-refractivity contribution < 1.29 is 4.74 Å². The molecule has 3 nitrogen and oxygen atoms in total. The molecule has 0 saturated carbocycles. The number of ether oxygens (including phenoxy) is 1. The molecule has 102 valence electrons. The fourth-order valence-electron chi connectivity index (χ4n) is 2.85. The Hall–Kier alpha value is -1.35. The molecule has 3 rings (SSSR count). The van der Waals surface area contributed by atoms with E-state index in [-0.39, 0.29) is 0 Å². The van der Waals surface area contributed by atoms with Crippen LogP contribution in [-0.2, 0) is 11.3 Å². The van der Waals surface area contributed by atoms with Crippen LogP contribution in [0.15, 0.2) is 18.5 Å². The smallest absolute Gasteiger partial charge is 0.0958 e. The lowest BCUT2D eigenvalue weighted by molar-refractivity contribution is 0.101. The number of rotatable bonds is 4. The molecule has 0 amide bonds. The van der Waals surface area contributed by atoms with Gasteiger partial charge in [0.15, 0.2) is 0 Å². The highest BCUT2D eigenvalue weighted by molar-refractivity contribution is 5.77. The summed E-state index contributed by atoms with van der Waals surface area (Å²) in [7, 11) is 0. The molecular weight excluding hydrogens is 236 g/mol. The van der Waals surface area contributed by atoms with Crippen LogP contribution in [-0.4, -0.2) is 22.3 Å². The summed E-state index contributed by atoms with van der Waals surface area (Å²) in [6, 6.07) is 4.44. The van der Waals surface area contributed by atoms with Crippen molar-refractivity contribution >= 4 is 11.0 Å². The van der Waals surface area contributed by atoms with Gasteiger partial charge in [0.1, 0.15) is 0 Å². The summed E-state index contributed by atoms with van der Waals surface area (Å²) in [5.41, 5.74) is 5.03. The highest BCUT2D eigenvalue weighted by Gasteiger charge is 2.14. The number of hydrogen-bond donors (Lipinski definition) is 0. The second-order valence-corrected chi connectivity index (χ2v) is 5.64. The van der Waals surface area contributed by atoms with Gasteiger partial charge in [-0.3, -0.25) is 0 Å². The van der Waals surface area contributed by atoms with Crippen LogP contribution in [0.3, 0.4) is 0 Å². The first-order valence-electron chi connectivity index (χ1n) is 7.28. The first-order chi connectivity index (χ1) is 9.24. The van der Waals surface area contributed by atoms with Crippen LogP contribution in [0.1, 0.15) is 36.8 Å². The van der Waals surface area contributed by atoms with Crippen LogP contribution in [0.5, 0.6) is 0 Å². The number of aromatic nitrogens is 2. The minimum atomic E-state index is 0.499. The van der Waals surface area contributed by atoms with E-state index in [1.807, 2.05) is 6.33 Å². The molecule has 1 aromatic carbocycles. The predicted molar refractivity (Wildman–Crippen MR) is 77.4 cm³/mol. The van der Waals surface area contributed by atoms with Crippen molar-refractivity contribution in [3.63, 3.8) is 0 Å². The summed E-state index contributed by atoms with van der Waals surface area (Å²) in [5, 5.41) is 0. The summed E-state index contributed by atoms with van der Waals surface area (Å²) >= 11 is 0. The Kier molecular flexibility index (Phi) is 3.56. The van der Waals surface area contributed by atoms with E-state index in [9.17, 15) is 0 Å². The lowest BCUT2D eigenvalue weighted by Crippen LogP contribution is -2.06. The van der Waals surface area contributed by atoms with E-state index in [2.05, 4.69) is 35.5 Å². The minimum absolute atomic E-state index is 0.499. The minimum Gasteiger partial charge on any atom is -0.378 e. The van der Waals surface area contributed by atoms with Gasteiger partial charge in [-0.15, -0.1) is 0 Å². The highest BCUT2D eigenvalue weighted by Crippen LogP contribution is 2.20. The van der Waals surface area contributed by atoms with Crippen LogP contribution < -0.4 is 0 Å². The summed E-state index contributed by atoms with van der Waals surface area (Å²) in [4.78, 5) is 4.50. The van der Waals surface area contributed by atoms with Crippen molar-refractivity contribution in [2.45, 2.75) is 52.2 Å². The Balaban J connectivity index is 1.68. The molecule has 19 heavy (non-hydrogen) atoms. The van der Waals surface area contributed by atoms with Crippen molar-refractivity contribution in [2.24, 2.45) is 0 Å². The molecule has 0 N–H and O–H groups in total. The lowest BCUT2D eigenvalue weighted by Gasteiger charge is -2.10. The van der Waals surface area contributed by atoms with Crippen LogP contribution in [0.2, 0.25) is 0 Å². The molecule has 0 bridgehead atoms. The SMILES string of the molecule is Cc1cc2ncn(CCCC3CCCO3)c2cc1C. The molecule has 2 heterocycles. The molecule has 0 radical (unpaired) electrons. The largest absolute Gasteiger partial charge is 0.378 e. The van der Waals surface area contributed by atoms with Gasteiger partial charge in [0, 0.05) is 13.2 Å². The maximum absolute atomic E-state index is 5.67. The number of hydrogen-bond acceptors (Lipinski definition) is 2. The lowest BCUT2D eigenvalue weighted by atomic mass is 10.1. The zero-order valence-corrected chi connectivity index (χ0v) is 11.9. The van der Waals surface area contributed by atoms with Gasteiger partial charge in [-0.25, -0.2) is 4.98 Å². The van der Waals surface area contributed by atoms with Crippen molar-refractivity contribution in [3.8, 4) is 0 Å². The second-order valence-electron chi connectivity index (χ2n) is 5.64. The normalized spacial score (nSPS) is 19.4. The molecule has 1 aliphatic rings. The van der Waals surface area contributed by atoms with E-state index in [1.54, 1.807) is 0 Å². The van der Waals surface area contributed by atoms with Gasteiger partial charge < -0.3 is 9.30 Å². The number of nitrogens with zero attached hydrogens (tertiary/aromatic N) is 2. The van der Waals surface area contributed by atoms with Gasteiger partial charge in [-0.05, 0) is 62.8 Å². The van der Waals surface area contributed by atoms with Crippen LogP contribution in [0.25, 0.3) is 11.0 Å². The molecule has 2 aromatic rings. The third kappa shape index (κ3) is 2.66. The zero-order valence-electron chi connectivity index (χ0n) is 11.9. The Morgan fingerprint density at radius 1 is 1.32 bits per heavy atom. The standard InChI is InChI=1S/C16H22N2O/c1-12-9-15-16(10-13(12)2)18(11-17-15)7-3-5-14-6-4-8-19-14/h9-11,14H,3-8H2,1-2H3. The molecular formula is C16H22N2O. The summed E-state index contributed by atoms with van der Waals surface area (Å²) in [5.74, 6) is 0. The quantitative estimate of drug-likeness (QED) is 0.837. The molecule has 1 unspecified atom stereocenters. The fraction of sp³-hybridized carbons (Fsp3) is 0.562. The zero-order chi connectivity index (χ0) is 13.2.